The summed E-state index contributed by atoms with van der Waals surface area (Å²) in [6.45, 7) is 44.3. The van der Waals surface area contributed by atoms with Gasteiger partial charge in [-0.3, -0.25) is 43.7 Å². The molecule has 720 valence electrons. The van der Waals surface area contributed by atoms with Crippen LogP contribution in [0.2, 0.25) is 15.1 Å². The van der Waals surface area contributed by atoms with Crippen molar-refractivity contribution in [2.75, 3.05) is 104 Å². The van der Waals surface area contributed by atoms with E-state index in [2.05, 4.69) is 55.0 Å². The van der Waals surface area contributed by atoms with Crippen LogP contribution in [0.5, 0.6) is 0 Å². The van der Waals surface area contributed by atoms with E-state index in [9.17, 15) is 43.2 Å². The summed E-state index contributed by atoms with van der Waals surface area (Å²) in [6.07, 6.45) is 9.27. The highest BCUT2D eigenvalue weighted by Crippen LogP contribution is 2.45. The number of nitrogens with one attached hydrogen (secondary N) is 1. The lowest BCUT2D eigenvalue weighted by molar-refractivity contribution is -0.129. The minimum absolute atomic E-state index is 0.00285. The molecule has 3 aromatic carbocycles. The van der Waals surface area contributed by atoms with E-state index in [1.165, 1.54) is 60.8 Å². The van der Waals surface area contributed by atoms with Gasteiger partial charge in [-0.15, -0.1) is 0 Å². The standard InChI is InChI=1S/C35H40ClFN8O3.2C34H38ClN7O3/c1-9-27(46)39-25-13-11-12-24(37)29(25)31-23(36)16-22-33(44-18-20(5)43(17-21(44)6)28(47)10-2)41-35(48)45(34(22)40-31)32-26(42(7)8)14-15-38-30(32)19(3)4;1-9-27(43)40-17-22(6)41(18-21(40)5)31-25-16-26(35)29(23-12-10-11-13-24(23)33(44)39(7)8)37-32(25)42(34(45)38-31)30-20(4)14-15-36-28(30)19(2)3;1-9-28(44)40-17-22(6)41(18-21(40)5)32-25-16-26(35)30(24-12-10-11-13-27(24)39(8)23(7)43)37-33(25)42(34(45)38-32)31-20(4)14-15-36-29(31)19(2)3/h10-16,19-21H,2,9,17-18H2,1,3-8H3,(H,39,46);2*9-16,19,21-22H,1,17-18H2,2-8H3. The molecule has 3 fully saturated rings. The minimum Gasteiger partial charge on any atom is -0.376 e. The Balaban J connectivity index is 0.000000175. The molecule has 12 heterocycles. The number of hydrogen-bond acceptors (Lipinski definition) is 22. The summed E-state index contributed by atoms with van der Waals surface area (Å²) in [5.41, 5.74) is 8.76. The van der Waals surface area contributed by atoms with Gasteiger partial charge in [0.15, 0.2) is 16.9 Å². The highest BCUT2D eigenvalue weighted by molar-refractivity contribution is 6.35. The summed E-state index contributed by atoms with van der Waals surface area (Å²) in [4.78, 5) is 178. The third-order valence-electron chi connectivity index (χ3n) is 25.2. The SMILES string of the molecule is C=CC(=O)N1CC(C)N(c2nc(=O)n(-c3c(C)ccnc3C(C)C)c3nc(-c4ccccc4C(=O)N(C)C)c(Cl)cc23)CC1C.C=CC(=O)N1CC(C)N(c2nc(=O)n(-c3c(C)ccnc3C(C)C)c3nc(-c4ccccc4N(C)C(C)=O)c(Cl)cc23)CC1C.C=CC(=O)N1CC(C)N(c2nc(=O)n(-c3c(N(C)C)ccnc3C(C)C)c3nc(-c4c(F)cccc4NC(=O)CC)c(Cl)cc23)CC1C. The molecule has 3 aliphatic heterocycles. The van der Waals surface area contributed by atoms with Crippen molar-refractivity contribution in [1.29, 1.82) is 0 Å². The zero-order chi connectivity index (χ0) is 101. The second kappa shape index (κ2) is 41.9. The van der Waals surface area contributed by atoms with Gasteiger partial charge >= 0.3 is 17.1 Å². The Bertz CT molecular complexity index is 7030. The highest BCUT2D eigenvalue weighted by atomic mass is 35.5. The lowest BCUT2D eigenvalue weighted by Gasteiger charge is -2.44. The Labute approximate surface area is 816 Å². The largest absolute Gasteiger partial charge is 0.376 e. The molecule has 15 rings (SSSR count). The molecule has 0 saturated carbocycles. The Kier molecular flexibility index (Phi) is 30.8. The van der Waals surface area contributed by atoms with Crippen LogP contribution in [-0.2, 0) is 24.0 Å². The number of para-hydroxylation sites is 1. The molecule has 6 atom stereocenters. The number of anilines is 6. The van der Waals surface area contributed by atoms with Crippen LogP contribution in [0, 0.1) is 19.7 Å². The number of rotatable bonds is 20. The molecule has 3 saturated heterocycles. The maximum atomic E-state index is 15.7. The first-order valence-corrected chi connectivity index (χ1v) is 46.9. The van der Waals surface area contributed by atoms with Gasteiger partial charge in [0.1, 0.15) is 23.3 Å². The molecule has 138 heavy (non-hydrogen) atoms. The van der Waals surface area contributed by atoms with Crippen LogP contribution in [0.1, 0.15) is 160 Å². The number of amides is 6. The number of hydrogen-bond donors (Lipinski definition) is 1. The summed E-state index contributed by atoms with van der Waals surface area (Å²) in [5.74, 6) is -0.630. The molecule has 9 aromatic heterocycles. The van der Waals surface area contributed by atoms with Crippen LogP contribution in [0.3, 0.4) is 0 Å². The molecular formula is C103H116Cl3FN22O9. The molecule has 0 aliphatic carbocycles. The number of pyridine rings is 6. The fourth-order valence-corrected chi connectivity index (χ4v) is 18.8. The number of carbonyl (C=O) groups is 6. The van der Waals surface area contributed by atoms with Gasteiger partial charge in [0.25, 0.3) is 5.91 Å². The van der Waals surface area contributed by atoms with Gasteiger partial charge in [-0.1, -0.05) is 145 Å². The number of halogens is 4. The minimum atomic E-state index is -0.649. The van der Waals surface area contributed by atoms with Gasteiger partial charge in [0.2, 0.25) is 29.5 Å². The predicted molar refractivity (Wildman–Crippen MR) is 547 cm³/mol. The molecule has 6 amide bonds. The molecule has 0 spiro atoms. The molecule has 35 heteroatoms. The first-order chi connectivity index (χ1) is 65.5. The molecule has 0 radical (unpaired) electrons. The Morgan fingerprint density at radius 1 is 0.471 bits per heavy atom. The average molecular weight is 1930 g/mol. The van der Waals surface area contributed by atoms with E-state index in [4.69, 9.17) is 49.8 Å². The van der Waals surface area contributed by atoms with Crippen LogP contribution in [0.4, 0.5) is 38.9 Å². The summed E-state index contributed by atoms with van der Waals surface area (Å²) in [6, 6.07) is 28.5. The lowest BCUT2D eigenvalue weighted by Crippen LogP contribution is -2.58. The highest BCUT2D eigenvalue weighted by Gasteiger charge is 2.40. The van der Waals surface area contributed by atoms with Gasteiger partial charge in [-0.25, -0.2) is 47.4 Å². The normalized spacial score (nSPS) is 16.6. The molecule has 1 N–H and O–H groups in total. The monoisotopic (exact) mass is 1930 g/mol. The smallest absolute Gasteiger partial charge is 0.355 e. The third kappa shape index (κ3) is 19.9. The van der Waals surface area contributed by atoms with Crippen molar-refractivity contribution in [3.8, 4) is 50.8 Å². The van der Waals surface area contributed by atoms with Crippen molar-refractivity contribution in [1.82, 2.24) is 78.2 Å². The second-order valence-corrected chi connectivity index (χ2v) is 37.6. The van der Waals surface area contributed by atoms with Crippen molar-refractivity contribution >= 4 is 138 Å². The van der Waals surface area contributed by atoms with Gasteiger partial charge in [-0.05, 0) is 163 Å². The first-order valence-electron chi connectivity index (χ1n) is 45.8. The quantitative estimate of drug-likeness (QED) is 0.0693. The van der Waals surface area contributed by atoms with Crippen molar-refractivity contribution in [2.24, 2.45) is 0 Å². The van der Waals surface area contributed by atoms with E-state index in [0.29, 0.717) is 156 Å². The van der Waals surface area contributed by atoms with Gasteiger partial charge < -0.3 is 49.4 Å². The van der Waals surface area contributed by atoms with Crippen molar-refractivity contribution < 1.29 is 33.2 Å². The number of nitrogens with zero attached hydrogens (tertiary/aromatic N) is 21. The van der Waals surface area contributed by atoms with Crippen LogP contribution in [0.25, 0.3) is 83.9 Å². The Morgan fingerprint density at radius 2 is 0.841 bits per heavy atom. The predicted octanol–water partition coefficient (Wildman–Crippen LogP) is 16.5. The topological polar surface area (TPSA) is 326 Å². The van der Waals surface area contributed by atoms with Gasteiger partial charge in [0, 0.05) is 159 Å². The molecular weight excluding hydrogens is 1810 g/mol. The third-order valence-corrected chi connectivity index (χ3v) is 26.1. The van der Waals surface area contributed by atoms with E-state index in [1.54, 1.807) is 110 Å². The molecule has 6 unspecified atom stereocenters. The van der Waals surface area contributed by atoms with Crippen LogP contribution >= 0.6 is 34.8 Å². The molecule has 31 nitrogen and oxygen atoms in total. The first kappa shape index (κ1) is 101. The maximum absolute atomic E-state index is 15.7. The zero-order valence-electron chi connectivity index (χ0n) is 81.6. The van der Waals surface area contributed by atoms with E-state index in [1.807, 2.05) is 173 Å². The molecule has 12 aromatic rings. The molecule has 0 bridgehead atoms. The van der Waals surface area contributed by atoms with Crippen molar-refractivity contribution in [2.45, 2.75) is 171 Å². The second-order valence-electron chi connectivity index (χ2n) is 36.4. The average Bonchev–Trinajstić information content (AvgIpc) is 0.741. The summed E-state index contributed by atoms with van der Waals surface area (Å²) < 4.78 is 20.2. The number of aryl methyl sites for hydroxylation is 2. The van der Waals surface area contributed by atoms with E-state index >= 15 is 4.39 Å². The lowest BCUT2D eigenvalue weighted by atomic mass is 10.0. The number of carbonyl (C=O) groups excluding carboxylic acids is 6. The number of fused-ring (bicyclic) bond motifs is 3. The van der Waals surface area contributed by atoms with E-state index in [-0.39, 0.29) is 123 Å². The van der Waals surface area contributed by atoms with Crippen LogP contribution < -0.4 is 46.9 Å². The van der Waals surface area contributed by atoms with Gasteiger partial charge in [0.05, 0.1) is 105 Å². The van der Waals surface area contributed by atoms with Crippen LogP contribution in [0.15, 0.2) is 174 Å². The van der Waals surface area contributed by atoms with Crippen molar-refractivity contribution in [3.63, 3.8) is 0 Å². The fourth-order valence-electron chi connectivity index (χ4n) is 18.1. The van der Waals surface area contributed by atoms with Gasteiger partial charge in [-0.2, -0.15) is 15.0 Å². The number of benzene rings is 3. The van der Waals surface area contributed by atoms with E-state index < -0.39 is 22.9 Å². The van der Waals surface area contributed by atoms with E-state index in [0.717, 1.165) is 22.5 Å². The number of aromatic nitrogens is 12. The summed E-state index contributed by atoms with van der Waals surface area (Å²) in [5, 5.41) is 5.10. The fraction of sp³-hybridized carbons (Fsp3) is 0.359. The maximum Gasteiger partial charge on any atom is 0.355 e. The Hall–Kier alpha value is -14.0. The molecule has 3 aliphatic rings. The zero-order valence-corrected chi connectivity index (χ0v) is 83.9. The van der Waals surface area contributed by atoms with Crippen molar-refractivity contribution in [3.05, 3.63) is 246 Å². The summed E-state index contributed by atoms with van der Waals surface area (Å²) in [7, 11) is 8.80. The van der Waals surface area contributed by atoms with Crippen LogP contribution in [-0.4, -0.2) is 224 Å². The number of piperazine rings is 3. The summed E-state index contributed by atoms with van der Waals surface area (Å²) >= 11 is 21.0. The Morgan fingerprint density at radius 3 is 1.23 bits per heavy atom.